The van der Waals surface area contributed by atoms with Crippen molar-refractivity contribution >= 4 is 0 Å². The van der Waals surface area contributed by atoms with Crippen LogP contribution < -0.4 is 15.2 Å². The normalized spacial score (nSPS) is 12.4. The molecule has 0 aromatic heterocycles. The maximum atomic E-state index is 13.6. The first kappa shape index (κ1) is 12.7. The van der Waals surface area contributed by atoms with Crippen molar-refractivity contribution in [2.24, 2.45) is 5.73 Å². The molecule has 90 valence electrons. The van der Waals surface area contributed by atoms with Crippen LogP contribution in [-0.2, 0) is 6.42 Å². The second-order valence-electron chi connectivity index (χ2n) is 3.57. The van der Waals surface area contributed by atoms with E-state index >= 15 is 0 Å². The minimum atomic E-state index is -0.965. The Kier molecular flexibility index (Phi) is 4.06. The van der Waals surface area contributed by atoms with Gasteiger partial charge in [0, 0.05) is 17.7 Å². The summed E-state index contributed by atoms with van der Waals surface area (Å²) in [6, 6.07) is 0.661. The molecule has 5 heteroatoms. The van der Waals surface area contributed by atoms with Crippen molar-refractivity contribution in [3.05, 3.63) is 23.3 Å². The smallest absolute Gasteiger partial charge is 0.167 e. The van der Waals surface area contributed by atoms with Crippen LogP contribution in [0.1, 0.15) is 12.5 Å². The van der Waals surface area contributed by atoms with Gasteiger partial charge in [-0.3, -0.25) is 0 Å². The zero-order valence-corrected chi connectivity index (χ0v) is 9.51. The van der Waals surface area contributed by atoms with Crippen molar-refractivity contribution in [3.63, 3.8) is 0 Å². The Labute approximate surface area is 93.2 Å². The lowest BCUT2D eigenvalue weighted by Crippen LogP contribution is -2.19. The van der Waals surface area contributed by atoms with Crippen LogP contribution in [0.2, 0.25) is 0 Å². The molecule has 0 amide bonds. The maximum Gasteiger partial charge on any atom is 0.167 e. The topological polar surface area (TPSA) is 44.5 Å². The Morgan fingerprint density at radius 2 is 1.94 bits per heavy atom. The fourth-order valence-electron chi connectivity index (χ4n) is 1.52. The molecule has 0 saturated heterocycles. The van der Waals surface area contributed by atoms with Crippen molar-refractivity contribution in [1.82, 2.24) is 0 Å². The predicted octanol–water partition coefficient (Wildman–Crippen LogP) is 1.87. The van der Waals surface area contributed by atoms with Crippen molar-refractivity contribution in [2.75, 3.05) is 14.2 Å². The summed E-state index contributed by atoms with van der Waals surface area (Å²) in [6.45, 7) is 1.70. The van der Waals surface area contributed by atoms with Crippen LogP contribution in [0.25, 0.3) is 0 Å². The van der Waals surface area contributed by atoms with Gasteiger partial charge in [0.05, 0.1) is 14.2 Å². The molecule has 0 aliphatic heterocycles. The Hall–Kier alpha value is -1.36. The molecule has 0 saturated carbocycles. The standard InChI is InChI=1S/C11H15F2NO2/c1-6(14)4-7-10(13)8(12)5-9(15-2)11(7)16-3/h5-6H,4,14H2,1-3H3. The van der Waals surface area contributed by atoms with Crippen molar-refractivity contribution in [2.45, 2.75) is 19.4 Å². The Balaban J connectivity index is 3.34. The molecule has 0 bridgehead atoms. The summed E-state index contributed by atoms with van der Waals surface area (Å²) in [4.78, 5) is 0. The number of halogens is 2. The largest absolute Gasteiger partial charge is 0.493 e. The van der Waals surface area contributed by atoms with E-state index in [1.165, 1.54) is 14.2 Å². The van der Waals surface area contributed by atoms with E-state index in [0.717, 1.165) is 6.07 Å². The fraction of sp³-hybridized carbons (Fsp3) is 0.455. The lowest BCUT2D eigenvalue weighted by atomic mass is 10.0. The molecule has 0 spiro atoms. The highest BCUT2D eigenvalue weighted by Crippen LogP contribution is 2.35. The molecule has 16 heavy (non-hydrogen) atoms. The summed E-state index contributed by atoms with van der Waals surface area (Å²) < 4.78 is 36.7. The van der Waals surface area contributed by atoms with Crippen molar-refractivity contribution in [1.29, 1.82) is 0 Å². The molecular formula is C11H15F2NO2. The lowest BCUT2D eigenvalue weighted by Gasteiger charge is -2.15. The fourth-order valence-corrected chi connectivity index (χ4v) is 1.52. The highest BCUT2D eigenvalue weighted by atomic mass is 19.2. The molecule has 1 unspecified atom stereocenters. The lowest BCUT2D eigenvalue weighted by molar-refractivity contribution is 0.341. The Morgan fingerprint density at radius 3 is 2.38 bits per heavy atom. The molecule has 1 atom stereocenters. The highest BCUT2D eigenvalue weighted by molar-refractivity contribution is 5.48. The van der Waals surface area contributed by atoms with Gasteiger partial charge in [-0.25, -0.2) is 8.78 Å². The number of rotatable bonds is 4. The van der Waals surface area contributed by atoms with E-state index in [0.29, 0.717) is 0 Å². The van der Waals surface area contributed by atoms with Crippen LogP contribution in [0.15, 0.2) is 6.07 Å². The van der Waals surface area contributed by atoms with Crippen LogP contribution in [0.5, 0.6) is 11.5 Å². The van der Waals surface area contributed by atoms with Crippen molar-refractivity contribution < 1.29 is 18.3 Å². The minimum Gasteiger partial charge on any atom is -0.493 e. The minimum absolute atomic E-state index is 0.106. The van der Waals surface area contributed by atoms with Gasteiger partial charge in [0.25, 0.3) is 0 Å². The second-order valence-corrected chi connectivity index (χ2v) is 3.57. The summed E-state index contributed by atoms with van der Waals surface area (Å²) >= 11 is 0. The summed E-state index contributed by atoms with van der Waals surface area (Å²) in [7, 11) is 2.74. The average Bonchev–Trinajstić information content (AvgIpc) is 2.23. The molecule has 2 N–H and O–H groups in total. The SMILES string of the molecule is COc1cc(F)c(F)c(CC(C)N)c1OC. The Morgan fingerprint density at radius 1 is 1.31 bits per heavy atom. The van der Waals surface area contributed by atoms with E-state index in [2.05, 4.69) is 0 Å². The summed E-state index contributed by atoms with van der Waals surface area (Å²) in [6.07, 6.45) is 0.184. The van der Waals surface area contributed by atoms with Crippen LogP contribution in [0, 0.1) is 11.6 Å². The van der Waals surface area contributed by atoms with Gasteiger partial charge < -0.3 is 15.2 Å². The van der Waals surface area contributed by atoms with E-state index in [4.69, 9.17) is 15.2 Å². The van der Waals surface area contributed by atoms with E-state index in [-0.39, 0.29) is 29.5 Å². The molecular weight excluding hydrogens is 216 g/mol. The van der Waals surface area contributed by atoms with E-state index in [1.807, 2.05) is 0 Å². The van der Waals surface area contributed by atoms with Gasteiger partial charge in [-0.1, -0.05) is 0 Å². The zero-order valence-electron chi connectivity index (χ0n) is 9.51. The first-order valence-electron chi connectivity index (χ1n) is 4.85. The molecule has 0 heterocycles. The maximum absolute atomic E-state index is 13.6. The van der Waals surface area contributed by atoms with Gasteiger partial charge in [0.2, 0.25) is 0 Å². The van der Waals surface area contributed by atoms with Gasteiger partial charge in [0.1, 0.15) is 0 Å². The number of methoxy groups -OCH3 is 2. The molecule has 1 aromatic carbocycles. The summed E-state index contributed by atoms with van der Waals surface area (Å²) in [5, 5.41) is 0. The number of hydrogen-bond acceptors (Lipinski definition) is 3. The van der Waals surface area contributed by atoms with E-state index < -0.39 is 11.6 Å². The second kappa shape index (κ2) is 5.12. The highest BCUT2D eigenvalue weighted by Gasteiger charge is 2.20. The first-order valence-corrected chi connectivity index (χ1v) is 4.85. The summed E-state index contributed by atoms with van der Waals surface area (Å²) in [5.74, 6) is -1.54. The number of benzene rings is 1. The molecule has 1 rings (SSSR count). The van der Waals surface area contributed by atoms with Gasteiger partial charge >= 0.3 is 0 Å². The van der Waals surface area contributed by atoms with Crippen LogP contribution >= 0.6 is 0 Å². The van der Waals surface area contributed by atoms with Crippen molar-refractivity contribution in [3.8, 4) is 11.5 Å². The summed E-state index contributed by atoms with van der Waals surface area (Å²) in [5.41, 5.74) is 5.68. The molecule has 0 radical (unpaired) electrons. The third-order valence-corrected chi connectivity index (χ3v) is 2.18. The zero-order chi connectivity index (χ0) is 12.3. The van der Waals surface area contributed by atoms with Crippen LogP contribution in [-0.4, -0.2) is 20.3 Å². The first-order chi connectivity index (χ1) is 7.51. The molecule has 0 aliphatic rings. The van der Waals surface area contributed by atoms with Gasteiger partial charge in [-0.2, -0.15) is 0 Å². The average molecular weight is 231 g/mol. The van der Waals surface area contributed by atoms with Crippen LogP contribution in [0.4, 0.5) is 8.78 Å². The predicted molar refractivity (Wildman–Crippen MR) is 56.8 cm³/mol. The third kappa shape index (κ3) is 2.41. The molecule has 1 aromatic rings. The third-order valence-electron chi connectivity index (χ3n) is 2.18. The van der Waals surface area contributed by atoms with Gasteiger partial charge in [-0.15, -0.1) is 0 Å². The molecule has 3 nitrogen and oxygen atoms in total. The van der Waals surface area contributed by atoms with Gasteiger partial charge in [-0.05, 0) is 13.3 Å². The van der Waals surface area contributed by atoms with Crippen LogP contribution in [0.3, 0.4) is 0 Å². The van der Waals surface area contributed by atoms with E-state index in [1.54, 1.807) is 6.92 Å². The number of ether oxygens (including phenoxy) is 2. The number of hydrogen-bond donors (Lipinski definition) is 1. The Bertz CT molecular complexity index is 381. The quantitative estimate of drug-likeness (QED) is 0.860. The molecule has 0 aliphatic carbocycles. The monoisotopic (exact) mass is 231 g/mol. The number of nitrogens with two attached hydrogens (primary N) is 1. The van der Waals surface area contributed by atoms with Gasteiger partial charge in [0.15, 0.2) is 23.1 Å². The van der Waals surface area contributed by atoms with E-state index in [9.17, 15) is 8.78 Å². The molecule has 0 fully saturated rings.